The molecule has 214 valence electrons. The van der Waals surface area contributed by atoms with Crippen LogP contribution >= 0.6 is 11.6 Å². The van der Waals surface area contributed by atoms with Crippen molar-refractivity contribution in [3.8, 4) is 16.9 Å². The molecule has 44 heavy (non-hydrogen) atoms. The van der Waals surface area contributed by atoms with Crippen molar-refractivity contribution in [2.24, 2.45) is 0 Å². The molecule has 1 amide bonds. The van der Waals surface area contributed by atoms with E-state index < -0.39 is 5.72 Å². The quantitative estimate of drug-likeness (QED) is 0.181. The lowest BCUT2D eigenvalue weighted by Gasteiger charge is -2.32. The first-order chi connectivity index (χ1) is 21.5. The molecule has 0 saturated carbocycles. The van der Waals surface area contributed by atoms with Gasteiger partial charge in [-0.1, -0.05) is 121 Å². The Labute approximate surface area is 260 Å². The number of carbonyl (C=O) groups excluding carboxylic acids is 1. The summed E-state index contributed by atoms with van der Waals surface area (Å²) in [6.45, 7) is 0. The van der Waals surface area contributed by atoms with Crippen molar-refractivity contribution in [3.05, 3.63) is 179 Å². The Morgan fingerprint density at radius 2 is 1.36 bits per heavy atom. The fraction of sp³-hybridized carbons (Fsp3) is 0.0263. The van der Waals surface area contributed by atoms with Crippen molar-refractivity contribution in [2.45, 2.75) is 5.72 Å². The number of amides is 1. The largest absolute Gasteiger partial charge is 0.507 e. The zero-order valence-electron chi connectivity index (χ0n) is 23.5. The van der Waals surface area contributed by atoms with Gasteiger partial charge in [0.25, 0.3) is 5.91 Å². The summed E-state index contributed by atoms with van der Waals surface area (Å²) in [4.78, 5) is 13.4. The lowest BCUT2D eigenvalue weighted by Crippen LogP contribution is -2.40. The van der Waals surface area contributed by atoms with Gasteiger partial charge in [0, 0.05) is 16.7 Å². The minimum atomic E-state index is -1.39. The van der Waals surface area contributed by atoms with Gasteiger partial charge in [0.2, 0.25) is 11.6 Å². The van der Waals surface area contributed by atoms with Crippen LogP contribution in [0.1, 0.15) is 27.0 Å². The number of aromatic hydroxyl groups is 1. The van der Waals surface area contributed by atoms with E-state index in [1.807, 2.05) is 66.7 Å². The van der Waals surface area contributed by atoms with E-state index >= 15 is 0 Å². The first-order valence-corrected chi connectivity index (χ1v) is 14.6. The topological polar surface area (TPSA) is 70.6 Å². The van der Waals surface area contributed by atoms with Gasteiger partial charge in [0.1, 0.15) is 11.4 Å². The second-order valence-corrected chi connectivity index (χ2v) is 11.0. The molecule has 1 heterocycles. The summed E-state index contributed by atoms with van der Waals surface area (Å²) in [5, 5.41) is 20.4. The maximum atomic E-state index is 13.4. The van der Waals surface area contributed by atoms with Crippen LogP contribution in [0.25, 0.3) is 27.6 Å². The van der Waals surface area contributed by atoms with Gasteiger partial charge in [-0.05, 0) is 58.3 Å². The van der Waals surface area contributed by atoms with E-state index in [-0.39, 0.29) is 17.5 Å². The molecule has 7 rings (SSSR count). The van der Waals surface area contributed by atoms with Crippen LogP contribution in [0.15, 0.2) is 151 Å². The number of fused-ring (bicyclic) bond motifs is 1. The van der Waals surface area contributed by atoms with Crippen LogP contribution in [-0.4, -0.2) is 11.0 Å². The number of para-hydroxylation sites is 1. The van der Waals surface area contributed by atoms with E-state index in [0.717, 1.165) is 22.1 Å². The average Bonchev–Trinajstić information content (AvgIpc) is 3.45. The second-order valence-electron chi connectivity index (χ2n) is 10.6. The van der Waals surface area contributed by atoms with E-state index in [9.17, 15) is 9.90 Å². The Morgan fingerprint density at radius 3 is 2.14 bits per heavy atom. The molecule has 6 aromatic rings. The number of benzene rings is 6. The third kappa shape index (κ3) is 4.93. The van der Waals surface area contributed by atoms with Gasteiger partial charge in [-0.15, -0.1) is 0 Å². The van der Waals surface area contributed by atoms with Crippen LogP contribution in [0.3, 0.4) is 0 Å². The van der Waals surface area contributed by atoms with Gasteiger partial charge in [-0.3, -0.25) is 10.1 Å². The number of phenolic OH excluding ortho intramolecular Hbond substituents is 1. The summed E-state index contributed by atoms with van der Waals surface area (Å²) in [6, 6.07) is 45.9. The molecule has 0 bridgehead atoms. The van der Waals surface area contributed by atoms with Crippen LogP contribution < -0.4 is 10.6 Å². The lowest BCUT2D eigenvalue weighted by atomic mass is 9.91. The lowest BCUT2D eigenvalue weighted by molar-refractivity contribution is 0.0308. The van der Waals surface area contributed by atoms with Crippen molar-refractivity contribution >= 4 is 34.0 Å². The number of nitrogens with one attached hydrogen (secondary N) is 2. The predicted molar refractivity (Wildman–Crippen MR) is 175 cm³/mol. The van der Waals surface area contributed by atoms with Crippen LogP contribution in [0.2, 0.25) is 5.02 Å². The molecule has 6 heteroatoms. The highest BCUT2D eigenvalue weighted by Crippen LogP contribution is 2.45. The Kier molecular flexibility index (Phi) is 7.01. The standard InChI is InChI=1S/C38H27ClN2O3/c39-33-16-8-6-14-31(33)35-37(40-36(43)27-11-2-1-3-12-27)44-38(41-35,32-15-7-9-17-34(32)42)30-22-20-26(21-23-30)29-19-18-25-10-4-5-13-28(25)24-29/h1-24,41-42H,(H,40,43). The van der Waals surface area contributed by atoms with Crippen molar-refractivity contribution in [3.63, 3.8) is 0 Å². The molecule has 0 aliphatic carbocycles. The van der Waals surface area contributed by atoms with Crippen LogP contribution in [-0.2, 0) is 10.5 Å². The molecular formula is C38H27ClN2O3. The summed E-state index contributed by atoms with van der Waals surface area (Å²) >= 11 is 6.68. The van der Waals surface area contributed by atoms with E-state index in [2.05, 4.69) is 41.0 Å². The van der Waals surface area contributed by atoms with Crippen LogP contribution in [0.5, 0.6) is 5.75 Å². The van der Waals surface area contributed by atoms with Gasteiger partial charge >= 0.3 is 0 Å². The summed E-state index contributed by atoms with van der Waals surface area (Å²) in [6.07, 6.45) is 0. The molecule has 1 unspecified atom stereocenters. The number of carbonyl (C=O) groups is 1. The van der Waals surface area contributed by atoms with E-state index in [1.165, 1.54) is 5.39 Å². The van der Waals surface area contributed by atoms with Gasteiger partial charge in [-0.25, -0.2) is 0 Å². The molecule has 0 radical (unpaired) electrons. The summed E-state index contributed by atoms with van der Waals surface area (Å²) in [5.41, 5.74) is 3.52. The van der Waals surface area contributed by atoms with Crippen molar-refractivity contribution in [1.82, 2.24) is 10.6 Å². The molecule has 3 N–H and O–H groups in total. The molecular weight excluding hydrogens is 568 g/mol. The predicted octanol–water partition coefficient (Wildman–Crippen LogP) is 8.44. The molecule has 1 aliphatic heterocycles. The zero-order valence-corrected chi connectivity index (χ0v) is 24.3. The van der Waals surface area contributed by atoms with E-state index in [4.69, 9.17) is 16.3 Å². The summed E-state index contributed by atoms with van der Waals surface area (Å²) < 4.78 is 6.74. The molecule has 0 saturated heterocycles. The first kappa shape index (κ1) is 27.3. The third-order valence-electron chi connectivity index (χ3n) is 7.85. The van der Waals surface area contributed by atoms with Crippen LogP contribution in [0, 0.1) is 0 Å². The van der Waals surface area contributed by atoms with Gasteiger partial charge in [0.15, 0.2) is 0 Å². The average molecular weight is 595 g/mol. The third-order valence-corrected chi connectivity index (χ3v) is 8.18. The Balaban J connectivity index is 1.34. The number of rotatable bonds is 6. The maximum absolute atomic E-state index is 13.4. The molecule has 5 nitrogen and oxygen atoms in total. The normalized spacial score (nSPS) is 15.9. The number of phenols is 1. The Morgan fingerprint density at radius 1 is 0.705 bits per heavy atom. The molecule has 6 aromatic carbocycles. The highest BCUT2D eigenvalue weighted by Gasteiger charge is 2.47. The Bertz CT molecular complexity index is 2040. The monoisotopic (exact) mass is 594 g/mol. The SMILES string of the molecule is O=C(NC1=C(c2ccccc2Cl)NC(c2ccc(-c3ccc4ccccc4c3)cc2)(c2ccccc2O)O1)c1ccccc1. The molecule has 0 spiro atoms. The summed E-state index contributed by atoms with van der Waals surface area (Å²) in [5.74, 6) is -0.117. The number of ether oxygens (including phenoxy) is 1. The summed E-state index contributed by atoms with van der Waals surface area (Å²) in [7, 11) is 0. The minimum absolute atomic E-state index is 0.0350. The van der Waals surface area contributed by atoms with Gasteiger partial charge < -0.3 is 15.2 Å². The van der Waals surface area contributed by atoms with Crippen LogP contribution in [0.4, 0.5) is 0 Å². The highest BCUT2D eigenvalue weighted by molar-refractivity contribution is 6.32. The number of halogens is 1. The number of hydrogen-bond donors (Lipinski definition) is 3. The number of hydrogen-bond acceptors (Lipinski definition) is 4. The minimum Gasteiger partial charge on any atom is -0.507 e. The fourth-order valence-corrected chi connectivity index (χ4v) is 5.85. The highest BCUT2D eigenvalue weighted by atomic mass is 35.5. The first-order valence-electron chi connectivity index (χ1n) is 14.2. The van der Waals surface area contributed by atoms with Crippen molar-refractivity contribution < 1.29 is 14.6 Å². The fourth-order valence-electron chi connectivity index (χ4n) is 5.62. The van der Waals surface area contributed by atoms with E-state index in [1.54, 1.807) is 48.5 Å². The van der Waals surface area contributed by atoms with E-state index in [0.29, 0.717) is 27.4 Å². The van der Waals surface area contributed by atoms with Crippen molar-refractivity contribution in [1.29, 1.82) is 0 Å². The smallest absolute Gasteiger partial charge is 0.258 e. The molecule has 1 atom stereocenters. The molecule has 1 aliphatic rings. The van der Waals surface area contributed by atoms with Gasteiger partial charge in [-0.2, -0.15) is 0 Å². The van der Waals surface area contributed by atoms with Crippen molar-refractivity contribution in [2.75, 3.05) is 0 Å². The zero-order chi connectivity index (χ0) is 30.1. The Hall–Kier alpha value is -5.52. The molecule has 0 fully saturated rings. The molecule has 0 aromatic heterocycles. The van der Waals surface area contributed by atoms with Gasteiger partial charge in [0.05, 0.1) is 10.6 Å². The second kappa shape index (κ2) is 11.3. The maximum Gasteiger partial charge on any atom is 0.258 e.